The van der Waals surface area contributed by atoms with Gasteiger partial charge in [0.15, 0.2) is 0 Å². The van der Waals surface area contributed by atoms with Gasteiger partial charge in [0.2, 0.25) is 0 Å². The van der Waals surface area contributed by atoms with Gasteiger partial charge in [-0.3, -0.25) is 0 Å². The van der Waals surface area contributed by atoms with Crippen molar-refractivity contribution in [3.8, 4) is 0 Å². The molecule has 0 atom stereocenters. The van der Waals surface area contributed by atoms with Gasteiger partial charge in [-0.2, -0.15) is 0 Å². The molecule has 4 heteroatoms. The van der Waals surface area contributed by atoms with Gasteiger partial charge in [-0.1, -0.05) is 47.6 Å². The molecule has 1 aliphatic heterocycles. The average molecular weight is 317 g/mol. The lowest BCUT2D eigenvalue weighted by Crippen LogP contribution is -3.10. The Hall–Kier alpha value is -2.04. The second kappa shape index (κ2) is 11.5. The van der Waals surface area contributed by atoms with Crippen LogP contribution in [-0.2, 0) is 9.59 Å². The van der Waals surface area contributed by atoms with Gasteiger partial charge in [0.25, 0.3) is 0 Å². The first-order chi connectivity index (χ1) is 10.8. The number of nitrogens with one attached hydrogen (secondary N) is 1. The predicted molar refractivity (Wildman–Crippen MR) is 94.5 cm³/mol. The first-order valence-electron chi connectivity index (χ1n) is 7.66. The molecule has 0 aromatic carbocycles. The molecule has 1 N–H and O–H groups in total. The molecular weight excluding hydrogens is 290 g/mol. The fourth-order valence-electron chi connectivity index (χ4n) is 1.64. The van der Waals surface area contributed by atoms with Crippen LogP contribution >= 0.6 is 0 Å². The summed E-state index contributed by atoms with van der Waals surface area (Å²) >= 11 is 0. The summed E-state index contributed by atoms with van der Waals surface area (Å²) in [6.45, 7) is 12.3. The molecule has 1 aliphatic rings. The summed E-state index contributed by atoms with van der Waals surface area (Å²) in [4.78, 5) is 20.3. The maximum Gasteiger partial charge on any atom is 0.344 e. The van der Waals surface area contributed by atoms with E-state index in [2.05, 4.69) is 52.5 Å². The average Bonchev–Trinajstić information content (AvgIpc) is 2.78. The lowest BCUT2D eigenvalue weighted by atomic mass is 10.1. The van der Waals surface area contributed by atoms with E-state index in [1.807, 2.05) is 6.08 Å². The molecule has 0 spiro atoms. The number of amides is 2. The van der Waals surface area contributed by atoms with E-state index in [1.54, 1.807) is 0 Å². The Morgan fingerprint density at radius 2 is 1.65 bits per heavy atom. The van der Waals surface area contributed by atoms with Gasteiger partial charge in [-0.25, -0.2) is 14.7 Å². The van der Waals surface area contributed by atoms with E-state index in [9.17, 15) is 14.8 Å². The van der Waals surface area contributed by atoms with Gasteiger partial charge in [0, 0.05) is 0 Å². The van der Waals surface area contributed by atoms with Gasteiger partial charge in [0.1, 0.15) is 0 Å². The summed E-state index contributed by atoms with van der Waals surface area (Å²) in [5, 5.41) is 9.22. The highest BCUT2D eigenvalue weighted by Crippen LogP contribution is 2.08. The number of hydroxylamine groups is 2. The van der Waals surface area contributed by atoms with Crippen molar-refractivity contribution >= 4 is 11.8 Å². The lowest BCUT2D eigenvalue weighted by Gasteiger charge is -2.06. The van der Waals surface area contributed by atoms with Crippen LogP contribution in [-0.4, -0.2) is 11.8 Å². The number of imide groups is 1. The Morgan fingerprint density at radius 3 is 2.04 bits per heavy atom. The summed E-state index contributed by atoms with van der Waals surface area (Å²) in [5.41, 5.74) is 4.13. The second-order valence-corrected chi connectivity index (χ2v) is 5.65. The molecular formula is C19H27NO3. The van der Waals surface area contributed by atoms with Crippen molar-refractivity contribution in [1.29, 1.82) is 0 Å². The third-order valence-electron chi connectivity index (χ3n) is 3.15. The number of rotatable bonds is 6. The van der Waals surface area contributed by atoms with E-state index in [0.29, 0.717) is 0 Å². The molecule has 0 bridgehead atoms. The Labute approximate surface area is 139 Å². The van der Waals surface area contributed by atoms with E-state index in [4.69, 9.17) is 0 Å². The number of carbonyl (C=O) groups excluding carboxylic acids is 2. The zero-order chi connectivity index (χ0) is 17.8. The highest BCUT2D eigenvalue weighted by molar-refractivity contribution is 6.01. The van der Waals surface area contributed by atoms with Crippen molar-refractivity contribution in [3.05, 3.63) is 65.0 Å². The molecule has 0 saturated carbocycles. The monoisotopic (exact) mass is 317 g/mol. The summed E-state index contributed by atoms with van der Waals surface area (Å²) in [6.07, 6.45) is 14.0. The van der Waals surface area contributed by atoms with Gasteiger partial charge in [0.05, 0.1) is 12.2 Å². The quantitative estimate of drug-likeness (QED) is 0.354. The third kappa shape index (κ3) is 10.3. The number of quaternary nitrogens is 1. The van der Waals surface area contributed by atoms with Crippen molar-refractivity contribution in [2.24, 2.45) is 0 Å². The minimum Gasteiger partial charge on any atom is -0.619 e. The van der Waals surface area contributed by atoms with E-state index >= 15 is 0 Å². The van der Waals surface area contributed by atoms with Crippen LogP contribution in [0.5, 0.6) is 0 Å². The molecule has 0 aliphatic carbocycles. The molecule has 0 aromatic rings. The van der Waals surface area contributed by atoms with E-state index in [-0.39, 0.29) is 0 Å². The summed E-state index contributed by atoms with van der Waals surface area (Å²) < 4.78 is 0. The highest BCUT2D eigenvalue weighted by atomic mass is 16.5. The molecule has 0 unspecified atom stereocenters. The van der Waals surface area contributed by atoms with Gasteiger partial charge >= 0.3 is 11.8 Å². The Kier molecular flexibility index (Phi) is 10.5. The minimum atomic E-state index is -0.926. The molecule has 126 valence electrons. The first kappa shape index (κ1) is 21.0. The number of allylic oxidation sites excluding steroid dienone is 7. The van der Waals surface area contributed by atoms with Crippen LogP contribution in [0.4, 0.5) is 0 Å². The second-order valence-electron chi connectivity index (χ2n) is 5.65. The number of carbonyl (C=O) groups is 2. The lowest BCUT2D eigenvalue weighted by molar-refractivity contribution is -0.670. The van der Waals surface area contributed by atoms with Crippen LogP contribution in [0, 0.1) is 5.21 Å². The van der Waals surface area contributed by atoms with Gasteiger partial charge in [-0.05, 0) is 47.0 Å². The van der Waals surface area contributed by atoms with Crippen LogP contribution in [0.15, 0.2) is 59.8 Å². The first-order valence-corrected chi connectivity index (χ1v) is 7.66. The van der Waals surface area contributed by atoms with Crippen LogP contribution < -0.4 is 5.06 Å². The topological polar surface area (TPSA) is 61.6 Å². The molecule has 0 aromatic heterocycles. The number of hydrogen-bond acceptors (Lipinski definition) is 3. The third-order valence-corrected chi connectivity index (χ3v) is 3.15. The molecule has 4 nitrogen and oxygen atoms in total. The smallest absolute Gasteiger partial charge is 0.344 e. The van der Waals surface area contributed by atoms with Gasteiger partial charge < -0.3 is 5.21 Å². The van der Waals surface area contributed by atoms with E-state index in [0.717, 1.165) is 25.0 Å². The maximum atomic E-state index is 10.1. The molecule has 0 radical (unpaired) electrons. The molecule has 1 rings (SSSR count). The normalized spacial score (nSPS) is 15.3. The van der Waals surface area contributed by atoms with Crippen molar-refractivity contribution in [2.75, 3.05) is 0 Å². The Bertz CT molecular complexity index is 529. The predicted octanol–water partition coefficient (Wildman–Crippen LogP) is 3.19. The van der Waals surface area contributed by atoms with Crippen LogP contribution in [0.2, 0.25) is 0 Å². The fourth-order valence-corrected chi connectivity index (χ4v) is 1.64. The molecule has 23 heavy (non-hydrogen) atoms. The van der Waals surface area contributed by atoms with Crippen molar-refractivity contribution in [1.82, 2.24) is 0 Å². The largest absolute Gasteiger partial charge is 0.619 e. The molecule has 2 amide bonds. The van der Waals surface area contributed by atoms with Crippen LogP contribution in [0.3, 0.4) is 0 Å². The zero-order valence-corrected chi connectivity index (χ0v) is 14.5. The standard InChI is InChI=1S/C15H24.C4H3NO3/c1-6-14(4)10-8-12-15(5)11-7-9-13(2)3;6-3-1-2-4(7)5(3)8/h6,9-10,12H,1,7-8,11H2,2-5H3;1-2,5H/b14-10+,15-12+;. The maximum absolute atomic E-state index is 10.1. The zero-order valence-electron chi connectivity index (χ0n) is 14.5. The van der Waals surface area contributed by atoms with Crippen molar-refractivity contribution in [2.45, 2.75) is 47.0 Å². The SMILES string of the molecule is C=C/C(C)=C/C/C=C(\C)CCC=C(C)C.O=C1C=CC(=O)[NH+]1[O-]. The highest BCUT2D eigenvalue weighted by Gasteiger charge is 2.21. The summed E-state index contributed by atoms with van der Waals surface area (Å²) in [6, 6.07) is 0. The number of hydrogen-bond donors (Lipinski definition) is 1. The molecule has 0 fully saturated rings. The minimum absolute atomic E-state index is 0.713. The Morgan fingerprint density at radius 1 is 1.09 bits per heavy atom. The van der Waals surface area contributed by atoms with E-state index in [1.165, 1.54) is 23.1 Å². The van der Waals surface area contributed by atoms with E-state index < -0.39 is 16.9 Å². The van der Waals surface area contributed by atoms with Crippen molar-refractivity contribution in [3.63, 3.8) is 0 Å². The molecule has 1 heterocycles. The van der Waals surface area contributed by atoms with Crippen LogP contribution in [0.1, 0.15) is 47.0 Å². The van der Waals surface area contributed by atoms with Crippen molar-refractivity contribution < 1.29 is 14.7 Å². The Balaban J connectivity index is 0.000000502. The summed E-state index contributed by atoms with van der Waals surface area (Å²) in [7, 11) is 0. The fraction of sp³-hybridized carbons (Fsp3) is 0.368. The summed E-state index contributed by atoms with van der Waals surface area (Å²) in [5.74, 6) is -1.43. The van der Waals surface area contributed by atoms with Crippen LogP contribution in [0.25, 0.3) is 0 Å². The van der Waals surface area contributed by atoms with Gasteiger partial charge in [-0.15, -0.1) is 0 Å². The molecule has 0 saturated heterocycles.